The van der Waals surface area contributed by atoms with Crippen LogP contribution >= 0.6 is 0 Å². The molecule has 70 valence electrons. The second-order valence-corrected chi connectivity index (χ2v) is 4.73. The Morgan fingerprint density at radius 1 is 1.58 bits per heavy atom. The zero-order valence-corrected chi connectivity index (χ0v) is 8.46. The molecule has 1 aliphatic rings. The Labute approximate surface area is 74.6 Å². The molecule has 3 heteroatoms. The predicted octanol–water partition coefficient (Wildman–Crippen LogP) is 1.05. The molecule has 0 fully saturated rings. The van der Waals surface area contributed by atoms with E-state index in [9.17, 15) is 0 Å². The van der Waals surface area contributed by atoms with Crippen LogP contribution in [0.4, 0.5) is 0 Å². The van der Waals surface area contributed by atoms with Crippen molar-refractivity contribution in [3.05, 3.63) is 0 Å². The van der Waals surface area contributed by atoms with Crippen LogP contribution in [0, 0.1) is 5.41 Å². The molecule has 0 bridgehead atoms. The average Bonchev–Trinajstić information content (AvgIpc) is 2.16. The number of nitrogens with zero attached hydrogens (tertiary/aromatic N) is 2. The third-order valence-corrected chi connectivity index (χ3v) is 2.22. The van der Waals surface area contributed by atoms with E-state index in [1.54, 1.807) is 0 Å². The number of hydrogen-bond acceptors (Lipinski definition) is 3. The van der Waals surface area contributed by atoms with E-state index in [0.717, 1.165) is 13.0 Å². The molecule has 0 aromatic rings. The van der Waals surface area contributed by atoms with Crippen molar-refractivity contribution in [1.29, 1.82) is 0 Å². The normalized spacial score (nSPS) is 24.5. The Balaban J connectivity index is 2.48. The monoisotopic (exact) mass is 169 g/mol. The molecule has 0 aromatic carbocycles. The molecule has 1 atom stereocenters. The molecule has 12 heavy (non-hydrogen) atoms. The molecule has 0 saturated carbocycles. The van der Waals surface area contributed by atoms with Crippen molar-refractivity contribution in [2.75, 3.05) is 13.6 Å². The van der Waals surface area contributed by atoms with Gasteiger partial charge in [-0.05, 0) is 11.8 Å². The Morgan fingerprint density at radius 2 is 2.17 bits per heavy atom. The summed E-state index contributed by atoms with van der Waals surface area (Å²) in [6.45, 7) is 7.60. The van der Waals surface area contributed by atoms with Crippen LogP contribution in [0.2, 0.25) is 0 Å². The highest BCUT2D eigenvalue weighted by molar-refractivity contribution is 5.79. The summed E-state index contributed by atoms with van der Waals surface area (Å²) in [7, 11) is 2.02. The van der Waals surface area contributed by atoms with Crippen molar-refractivity contribution in [2.45, 2.75) is 33.2 Å². The molecule has 0 saturated heterocycles. The number of guanidine groups is 1. The van der Waals surface area contributed by atoms with Crippen molar-refractivity contribution in [3.63, 3.8) is 0 Å². The lowest BCUT2D eigenvalue weighted by Gasteiger charge is -2.28. The van der Waals surface area contributed by atoms with Crippen molar-refractivity contribution in [2.24, 2.45) is 16.1 Å². The van der Waals surface area contributed by atoms with Crippen molar-refractivity contribution < 1.29 is 0 Å². The van der Waals surface area contributed by atoms with Gasteiger partial charge in [0.1, 0.15) is 0 Å². The van der Waals surface area contributed by atoms with Gasteiger partial charge < -0.3 is 10.6 Å². The lowest BCUT2D eigenvalue weighted by molar-refractivity contribution is 0.265. The van der Waals surface area contributed by atoms with Crippen LogP contribution in [-0.2, 0) is 0 Å². The quantitative estimate of drug-likeness (QED) is 0.637. The van der Waals surface area contributed by atoms with Crippen molar-refractivity contribution in [1.82, 2.24) is 4.90 Å². The highest BCUT2D eigenvalue weighted by atomic mass is 15.3. The van der Waals surface area contributed by atoms with Gasteiger partial charge in [0.25, 0.3) is 0 Å². The van der Waals surface area contributed by atoms with Crippen LogP contribution in [-0.4, -0.2) is 30.5 Å². The van der Waals surface area contributed by atoms with E-state index in [1.807, 2.05) is 7.05 Å². The maximum absolute atomic E-state index is 5.66. The van der Waals surface area contributed by atoms with Crippen LogP contribution in [0.25, 0.3) is 0 Å². The summed E-state index contributed by atoms with van der Waals surface area (Å²) in [4.78, 5) is 6.28. The second kappa shape index (κ2) is 2.96. The second-order valence-electron chi connectivity index (χ2n) is 4.73. The third kappa shape index (κ3) is 2.13. The average molecular weight is 169 g/mol. The fourth-order valence-corrected chi connectivity index (χ4v) is 1.53. The Kier molecular flexibility index (Phi) is 2.31. The minimum Gasteiger partial charge on any atom is -0.370 e. The highest BCUT2D eigenvalue weighted by Gasteiger charge is 2.26. The summed E-state index contributed by atoms with van der Waals surface area (Å²) in [6.07, 6.45) is 1.15. The summed E-state index contributed by atoms with van der Waals surface area (Å²) >= 11 is 0. The first-order valence-corrected chi connectivity index (χ1v) is 4.43. The van der Waals surface area contributed by atoms with Crippen molar-refractivity contribution in [3.8, 4) is 0 Å². The first-order chi connectivity index (χ1) is 5.40. The zero-order chi connectivity index (χ0) is 9.35. The van der Waals surface area contributed by atoms with Crippen LogP contribution in [0.5, 0.6) is 0 Å². The van der Waals surface area contributed by atoms with E-state index in [2.05, 4.69) is 30.7 Å². The molecule has 2 N–H and O–H groups in total. The molecular weight excluding hydrogens is 150 g/mol. The SMILES string of the molecule is CN1C(N)=NCC1CC(C)(C)C. The molecule has 0 aromatic heterocycles. The molecule has 1 heterocycles. The predicted molar refractivity (Wildman–Crippen MR) is 52.1 cm³/mol. The molecular formula is C9H19N3. The molecule has 1 aliphatic heterocycles. The Hall–Kier alpha value is -0.730. The van der Waals surface area contributed by atoms with Gasteiger partial charge in [-0.15, -0.1) is 0 Å². The minimum atomic E-state index is 0.360. The van der Waals surface area contributed by atoms with Crippen LogP contribution in [0.3, 0.4) is 0 Å². The molecule has 1 rings (SSSR count). The van der Waals surface area contributed by atoms with Gasteiger partial charge in [-0.2, -0.15) is 0 Å². The number of hydrogen-bond donors (Lipinski definition) is 1. The van der Waals surface area contributed by atoms with E-state index in [-0.39, 0.29) is 0 Å². The molecule has 1 unspecified atom stereocenters. The minimum absolute atomic E-state index is 0.360. The van der Waals surface area contributed by atoms with Crippen LogP contribution in [0.1, 0.15) is 27.2 Å². The summed E-state index contributed by atoms with van der Waals surface area (Å²) in [5.74, 6) is 0.684. The number of nitrogens with two attached hydrogens (primary N) is 1. The summed E-state index contributed by atoms with van der Waals surface area (Å²) in [5, 5.41) is 0. The van der Waals surface area contributed by atoms with Gasteiger partial charge in [0.15, 0.2) is 5.96 Å². The van der Waals surface area contributed by atoms with E-state index in [4.69, 9.17) is 5.73 Å². The number of likely N-dealkylation sites (N-methyl/N-ethyl adjacent to an activating group) is 1. The van der Waals surface area contributed by atoms with Gasteiger partial charge in [0.05, 0.1) is 12.6 Å². The summed E-state index contributed by atoms with van der Waals surface area (Å²) in [5.41, 5.74) is 6.02. The molecule has 0 radical (unpaired) electrons. The van der Waals surface area contributed by atoms with Crippen molar-refractivity contribution >= 4 is 5.96 Å². The smallest absolute Gasteiger partial charge is 0.191 e. The van der Waals surface area contributed by atoms with Crippen LogP contribution in [0.15, 0.2) is 4.99 Å². The van der Waals surface area contributed by atoms with E-state index < -0.39 is 0 Å². The Bertz CT molecular complexity index is 190. The summed E-state index contributed by atoms with van der Waals surface area (Å²) in [6, 6.07) is 0.505. The van der Waals surface area contributed by atoms with E-state index >= 15 is 0 Å². The number of aliphatic imine (C=N–C) groups is 1. The van der Waals surface area contributed by atoms with Gasteiger partial charge in [0, 0.05) is 7.05 Å². The van der Waals surface area contributed by atoms with Gasteiger partial charge in [-0.1, -0.05) is 20.8 Å². The molecule has 0 amide bonds. The Morgan fingerprint density at radius 3 is 2.50 bits per heavy atom. The van der Waals surface area contributed by atoms with Gasteiger partial charge in [0.2, 0.25) is 0 Å². The van der Waals surface area contributed by atoms with Crippen LogP contribution < -0.4 is 5.73 Å². The van der Waals surface area contributed by atoms with Gasteiger partial charge >= 0.3 is 0 Å². The molecule has 0 spiro atoms. The largest absolute Gasteiger partial charge is 0.370 e. The highest BCUT2D eigenvalue weighted by Crippen LogP contribution is 2.24. The fourth-order valence-electron chi connectivity index (χ4n) is 1.53. The zero-order valence-electron chi connectivity index (χ0n) is 8.46. The van der Waals surface area contributed by atoms with E-state index in [1.165, 1.54) is 0 Å². The standard InChI is InChI=1S/C9H19N3/c1-9(2,3)5-7-6-11-8(10)12(7)4/h7H,5-6H2,1-4H3,(H2,10,11). The number of rotatable bonds is 1. The lowest BCUT2D eigenvalue weighted by Crippen LogP contribution is -2.39. The van der Waals surface area contributed by atoms with Gasteiger partial charge in [-0.3, -0.25) is 4.99 Å². The summed E-state index contributed by atoms with van der Waals surface area (Å²) < 4.78 is 0. The maximum atomic E-state index is 5.66. The maximum Gasteiger partial charge on any atom is 0.191 e. The third-order valence-electron chi connectivity index (χ3n) is 2.22. The topological polar surface area (TPSA) is 41.6 Å². The van der Waals surface area contributed by atoms with E-state index in [0.29, 0.717) is 17.4 Å². The lowest BCUT2D eigenvalue weighted by atomic mass is 9.88. The first kappa shape index (κ1) is 9.36. The molecule has 0 aliphatic carbocycles. The fraction of sp³-hybridized carbons (Fsp3) is 0.889. The first-order valence-electron chi connectivity index (χ1n) is 4.43. The molecule has 3 nitrogen and oxygen atoms in total. The van der Waals surface area contributed by atoms with Gasteiger partial charge in [-0.25, -0.2) is 0 Å².